The van der Waals surface area contributed by atoms with Gasteiger partial charge in [0.05, 0.1) is 11.4 Å². The van der Waals surface area contributed by atoms with Gasteiger partial charge in [-0.15, -0.1) is 0 Å². The highest BCUT2D eigenvalue weighted by Gasteiger charge is 2.34. The fourth-order valence-corrected chi connectivity index (χ4v) is 4.61. The van der Waals surface area contributed by atoms with Crippen LogP contribution in [0.25, 0.3) is 6.08 Å². The minimum Gasteiger partial charge on any atom is -0.492 e. The highest BCUT2D eigenvalue weighted by Crippen LogP contribution is 2.32. The molecule has 3 aromatic rings. The van der Waals surface area contributed by atoms with Gasteiger partial charge in [0.1, 0.15) is 24.7 Å². The molecule has 5 nitrogen and oxygen atoms in total. The minimum atomic E-state index is -0.344. The van der Waals surface area contributed by atoms with Crippen molar-refractivity contribution in [3.8, 4) is 11.5 Å². The van der Waals surface area contributed by atoms with Crippen molar-refractivity contribution in [3.63, 3.8) is 0 Å². The molecule has 1 aliphatic heterocycles. The maximum absolute atomic E-state index is 12.7. The van der Waals surface area contributed by atoms with Crippen LogP contribution in [-0.4, -0.2) is 29.2 Å². The van der Waals surface area contributed by atoms with Gasteiger partial charge in [-0.25, -0.2) is 0 Å². The summed E-state index contributed by atoms with van der Waals surface area (Å²) in [5, 5.41) is 1.36. The predicted octanol–water partition coefficient (Wildman–Crippen LogP) is 7.34. The molecule has 0 atom stereocenters. The zero-order valence-electron chi connectivity index (χ0n) is 17.7. The van der Waals surface area contributed by atoms with E-state index in [0.717, 1.165) is 17.3 Å². The second kappa shape index (κ2) is 11.2. The van der Waals surface area contributed by atoms with Gasteiger partial charge in [-0.3, -0.25) is 14.5 Å². The lowest BCUT2D eigenvalue weighted by atomic mass is 10.2. The molecule has 0 aliphatic carbocycles. The van der Waals surface area contributed by atoms with Crippen molar-refractivity contribution < 1.29 is 19.1 Å². The Balaban J connectivity index is 1.33. The zero-order chi connectivity index (χ0) is 24.1. The van der Waals surface area contributed by atoms with E-state index in [1.807, 2.05) is 0 Å². The molecule has 0 spiro atoms. The molecule has 9 heteroatoms. The average molecular weight is 535 g/mol. The number of ether oxygens (including phenoxy) is 2. The molecule has 1 saturated heterocycles. The summed E-state index contributed by atoms with van der Waals surface area (Å²) in [6, 6.07) is 19.3. The Bertz CT molecular complexity index is 1210. The molecule has 0 radical (unpaired) electrons. The number of amides is 2. The third-order valence-corrected chi connectivity index (χ3v) is 6.76. The van der Waals surface area contributed by atoms with Gasteiger partial charge in [0.2, 0.25) is 0 Å². The summed E-state index contributed by atoms with van der Waals surface area (Å²) in [7, 11) is 0. The maximum atomic E-state index is 12.7. The first-order valence-corrected chi connectivity index (χ1v) is 12.2. The van der Waals surface area contributed by atoms with Crippen LogP contribution in [0.1, 0.15) is 11.1 Å². The van der Waals surface area contributed by atoms with Gasteiger partial charge in [-0.05, 0) is 71.9 Å². The summed E-state index contributed by atoms with van der Waals surface area (Å²) in [5.74, 6) is 0.898. The van der Waals surface area contributed by atoms with Crippen LogP contribution in [0.4, 0.5) is 4.79 Å². The third-order valence-electron chi connectivity index (χ3n) is 4.89. The third kappa shape index (κ3) is 6.07. The first-order chi connectivity index (χ1) is 16.4. The first kappa shape index (κ1) is 24.5. The van der Waals surface area contributed by atoms with Crippen LogP contribution < -0.4 is 9.47 Å². The molecule has 0 N–H and O–H groups in total. The second-order valence-electron chi connectivity index (χ2n) is 7.19. The molecular weight excluding hydrogens is 517 g/mol. The molecule has 0 aromatic heterocycles. The van der Waals surface area contributed by atoms with Crippen LogP contribution in [0.5, 0.6) is 11.5 Å². The lowest BCUT2D eigenvalue weighted by Gasteiger charge is -2.13. The normalized spacial score (nSPS) is 14.7. The van der Waals surface area contributed by atoms with Crippen LogP contribution in [-0.2, 0) is 11.4 Å². The van der Waals surface area contributed by atoms with E-state index in [1.165, 1.54) is 4.90 Å². The van der Waals surface area contributed by atoms with Gasteiger partial charge in [0.25, 0.3) is 11.1 Å². The maximum Gasteiger partial charge on any atom is 0.293 e. The van der Waals surface area contributed by atoms with E-state index in [2.05, 4.69) is 0 Å². The molecule has 0 unspecified atom stereocenters. The molecule has 0 bridgehead atoms. The molecule has 0 saturated carbocycles. The lowest BCUT2D eigenvalue weighted by Crippen LogP contribution is -2.32. The Kier molecular flexibility index (Phi) is 8.06. The Labute approximate surface area is 216 Å². The van der Waals surface area contributed by atoms with Crippen molar-refractivity contribution in [3.05, 3.63) is 97.8 Å². The van der Waals surface area contributed by atoms with Crippen LogP contribution in [0.3, 0.4) is 0 Å². The molecule has 174 valence electrons. The van der Waals surface area contributed by atoms with Crippen LogP contribution >= 0.6 is 46.6 Å². The Morgan fingerprint density at radius 3 is 2.12 bits per heavy atom. The number of carbonyl (C=O) groups is 2. The molecule has 34 heavy (non-hydrogen) atoms. The number of halogens is 3. The standard InChI is InChI=1S/C25H18Cl3NO4S/c26-17-6-10-18(11-7-17)32-13-12-29-24(30)23(34-25(29)31)14-16-4-8-19(9-5-16)33-15-20-21(27)2-1-3-22(20)28/h1-11,14H,12-13,15H2/b23-14-. The zero-order valence-corrected chi connectivity index (χ0v) is 20.8. The van der Waals surface area contributed by atoms with Crippen molar-refractivity contribution in [1.82, 2.24) is 4.90 Å². The number of nitrogens with zero attached hydrogens (tertiary/aromatic N) is 1. The topological polar surface area (TPSA) is 55.8 Å². The van der Waals surface area contributed by atoms with E-state index in [1.54, 1.807) is 72.8 Å². The summed E-state index contributed by atoms with van der Waals surface area (Å²) < 4.78 is 11.4. The van der Waals surface area contributed by atoms with Crippen molar-refractivity contribution in [2.24, 2.45) is 0 Å². The summed E-state index contributed by atoms with van der Waals surface area (Å²) in [4.78, 5) is 26.5. The van der Waals surface area contributed by atoms with Crippen molar-refractivity contribution >= 4 is 63.8 Å². The number of rotatable bonds is 8. The summed E-state index contributed by atoms with van der Waals surface area (Å²) in [5.41, 5.74) is 1.48. The van der Waals surface area contributed by atoms with E-state index in [0.29, 0.717) is 37.0 Å². The van der Waals surface area contributed by atoms with Crippen molar-refractivity contribution in [1.29, 1.82) is 0 Å². The summed E-state index contributed by atoms with van der Waals surface area (Å²) in [6.07, 6.45) is 1.68. The van der Waals surface area contributed by atoms with Gasteiger partial charge in [0.15, 0.2) is 0 Å². The van der Waals surface area contributed by atoms with E-state index in [-0.39, 0.29) is 30.9 Å². The molecule has 1 fully saturated rings. The Morgan fingerprint density at radius 2 is 1.44 bits per heavy atom. The number of hydrogen-bond donors (Lipinski definition) is 0. The monoisotopic (exact) mass is 533 g/mol. The smallest absolute Gasteiger partial charge is 0.293 e. The summed E-state index contributed by atoms with van der Waals surface area (Å²) in [6.45, 7) is 0.575. The Hall–Kier alpha value is -2.64. The predicted molar refractivity (Wildman–Crippen MR) is 137 cm³/mol. The fourth-order valence-electron chi connectivity index (χ4n) is 3.12. The fraction of sp³-hybridized carbons (Fsp3) is 0.120. The highest BCUT2D eigenvalue weighted by molar-refractivity contribution is 8.18. The quantitative estimate of drug-likeness (QED) is 0.283. The average Bonchev–Trinajstić information content (AvgIpc) is 3.08. The number of imide groups is 1. The lowest BCUT2D eigenvalue weighted by molar-refractivity contribution is -0.123. The van der Waals surface area contributed by atoms with Crippen LogP contribution in [0.15, 0.2) is 71.6 Å². The molecule has 3 aromatic carbocycles. The molecule has 1 aliphatic rings. The molecule has 4 rings (SSSR count). The number of hydrogen-bond acceptors (Lipinski definition) is 5. The van der Waals surface area contributed by atoms with Crippen LogP contribution in [0, 0.1) is 0 Å². The second-order valence-corrected chi connectivity index (χ2v) is 9.44. The molecule has 2 amide bonds. The van der Waals surface area contributed by atoms with Crippen LogP contribution in [0.2, 0.25) is 15.1 Å². The van der Waals surface area contributed by atoms with Gasteiger partial charge >= 0.3 is 0 Å². The number of benzene rings is 3. The molecular formula is C25H18Cl3NO4S. The van der Waals surface area contributed by atoms with E-state index in [4.69, 9.17) is 44.3 Å². The minimum absolute atomic E-state index is 0.155. The SMILES string of the molecule is O=C1S/C(=C\c2ccc(OCc3c(Cl)cccc3Cl)cc2)C(=O)N1CCOc1ccc(Cl)cc1. The van der Waals surface area contributed by atoms with Gasteiger partial charge < -0.3 is 9.47 Å². The van der Waals surface area contributed by atoms with Gasteiger partial charge in [-0.1, -0.05) is 53.0 Å². The number of carbonyl (C=O) groups excluding carboxylic acids is 2. The highest BCUT2D eigenvalue weighted by atomic mass is 35.5. The van der Waals surface area contributed by atoms with E-state index < -0.39 is 0 Å². The van der Waals surface area contributed by atoms with Crippen molar-refractivity contribution in [2.75, 3.05) is 13.2 Å². The summed E-state index contributed by atoms with van der Waals surface area (Å²) >= 11 is 19.1. The number of thioether (sulfide) groups is 1. The van der Waals surface area contributed by atoms with E-state index in [9.17, 15) is 9.59 Å². The van der Waals surface area contributed by atoms with Gasteiger partial charge in [0, 0.05) is 20.6 Å². The van der Waals surface area contributed by atoms with E-state index >= 15 is 0 Å². The van der Waals surface area contributed by atoms with Crippen molar-refractivity contribution in [2.45, 2.75) is 6.61 Å². The Morgan fingerprint density at radius 1 is 0.824 bits per heavy atom. The van der Waals surface area contributed by atoms with Gasteiger partial charge in [-0.2, -0.15) is 0 Å². The molecule has 1 heterocycles. The largest absolute Gasteiger partial charge is 0.492 e. The first-order valence-electron chi connectivity index (χ1n) is 10.2.